The first kappa shape index (κ1) is 12.6. The van der Waals surface area contributed by atoms with E-state index in [2.05, 4.69) is 10.2 Å². The molecule has 2 unspecified atom stereocenters. The second-order valence-corrected chi connectivity index (χ2v) is 4.83. The fourth-order valence-electron chi connectivity index (χ4n) is 1.79. The van der Waals surface area contributed by atoms with E-state index in [1.165, 1.54) is 18.0 Å². The zero-order valence-corrected chi connectivity index (χ0v) is 9.55. The molecule has 0 radical (unpaired) electrons. The summed E-state index contributed by atoms with van der Waals surface area (Å²) < 4.78 is 36.2. The maximum Gasteiger partial charge on any atom is 0.493 e. The van der Waals surface area contributed by atoms with E-state index in [0.29, 0.717) is 0 Å². The van der Waals surface area contributed by atoms with Gasteiger partial charge in [-0.1, -0.05) is 0 Å². The first-order valence-corrected chi connectivity index (χ1v) is 6.03. The smallest absolute Gasteiger partial charge is 0.332 e. The summed E-state index contributed by atoms with van der Waals surface area (Å²) in [6.07, 6.45) is -2.74. The van der Waals surface area contributed by atoms with Crippen molar-refractivity contribution in [3.8, 4) is 0 Å². The Kier molecular flexibility index (Phi) is 3.53. The summed E-state index contributed by atoms with van der Waals surface area (Å²) in [5, 5.41) is 5.49. The predicted octanol–water partition coefficient (Wildman–Crippen LogP) is 1.46. The van der Waals surface area contributed by atoms with Gasteiger partial charge in [0.1, 0.15) is 5.37 Å². The normalized spacial score (nSPS) is 28.8. The highest BCUT2D eigenvalue weighted by Gasteiger charge is 2.44. The van der Waals surface area contributed by atoms with Gasteiger partial charge in [0, 0.05) is 18.7 Å². The molecule has 8 heteroatoms. The molecule has 0 amide bonds. The lowest BCUT2D eigenvalue weighted by molar-refractivity contribution is -0.232. The highest BCUT2D eigenvalue weighted by molar-refractivity contribution is 8.02. The first-order chi connectivity index (χ1) is 7.98. The summed E-state index contributed by atoms with van der Waals surface area (Å²) in [6.45, 7) is 1.56. The quantitative estimate of drug-likeness (QED) is 0.821. The summed E-state index contributed by atoms with van der Waals surface area (Å²) >= 11 is 1.36. The maximum atomic E-state index is 12.1. The third-order valence-electron chi connectivity index (χ3n) is 2.60. The number of carbonyl (C=O) groups is 1. The second kappa shape index (κ2) is 4.77. The molecule has 96 valence electrons. The molecular weight excluding hydrogens is 257 g/mol. The molecule has 0 saturated carbocycles. The molecule has 0 aromatic carbocycles. The van der Waals surface area contributed by atoms with Crippen LogP contribution >= 0.6 is 11.8 Å². The van der Waals surface area contributed by atoms with Gasteiger partial charge in [0.2, 0.25) is 0 Å². The van der Waals surface area contributed by atoms with Crippen molar-refractivity contribution in [3.05, 3.63) is 11.6 Å². The van der Waals surface area contributed by atoms with Crippen LogP contribution in [-0.4, -0.2) is 35.7 Å². The Morgan fingerprint density at radius 3 is 2.88 bits per heavy atom. The molecule has 1 N–H and O–H groups in total. The van der Waals surface area contributed by atoms with E-state index in [-0.39, 0.29) is 11.3 Å². The minimum absolute atomic E-state index is 0.177. The van der Waals surface area contributed by atoms with E-state index in [0.717, 1.165) is 24.6 Å². The van der Waals surface area contributed by atoms with Crippen LogP contribution in [0.25, 0.3) is 0 Å². The number of hydroxylamine groups is 2. The number of nitrogens with zero attached hydrogens (tertiary/aromatic N) is 1. The summed E-state index contributed by atoms with van der Waals surface area (Å²) in [4.78, 5) is 15.1. The maximum absolute atomic E-state index is 12.1. The lowest BCUT2D eigenvalue weighted by atomic mass is 10.1. The van der Waals surface area contributed by atoms with Crippen LogP contribution in [0.4, 0.5) is 13.2 Å². The van der Waals surface area contributed by atoms with Crippen molar-refractivity contribution in [2.75, 3.05) is 13.1 Å². The van der Waals surface area contributed by atoms with Crippen LogP contribution in [0.3, 0.4) is 0 Å². The summed E-state index contributed by atoms with van der Waals surface area (Å²) in [6, 6.07) is 0. The Bertz CT molecular complexity index is 329. The molecule has 1 saturated heterocycles. The zero-order chi connectivity index (χ0) is 12.5. The zero-order valence-electron chi connectivity index (χ0n) is 8.74. The van der Waals surface area contributed by atoms with Crippen LogP contribution < -0.4 is 5.32 Å². The van der Waals surface area contributed by atoms with E-state index >= 15 is 0 Å². The highest BCUT2D eigenvalue weighted by Crippen LogP contribution is 2.34. The van der Waals surface area contributed by atoms with Crippen LogP contribution in [0.15, 0.2) is 11.6 Å². The average molecular weight is 268 g/mol. The summed E-state index contributed by atoms with van der Waals surface area (Å²) in [7, 11) is 0. The van der Waals surface area contributed by atoms with Gasteiger partial charge in [-0.05, 0) is 18.4 Å². The molecule has 17 heavy (non-hydrogen) atoms. The minimum Gasteiger partial charge on any atom is -0.332 e. The van der Waals surface area contributed by atoms with Gasteiger partial charge in [0.25, 0.3) is 0 Å². The Morgan fingerprint density at radius 1 is 1.53 bits per heavy atom. The lowest BCUT2D eigenvalue weighted by Crippen LogP contribution is -2.38. The van der Waals surface area contributed by atoms with Gasteiger partial charge in [-0.2, -0.15) is 18.2 Å². The van der Waals surface area contributed by atoms with E-state index in [9.17, 15) is 18.0 Å². The molecule has 0 aromatic heterocycles. The van der Waals surface area contributed by atoms with Crippen molar-refractivity contribution >= 4 is 17.7 Å². The van der Waals surface area contributed by atoms with Gasteiger partial charge in [-0.15, -0.1) is 11.8 Å². The van der Waals surface area contributed by atoms with Crippen molar-refractivity contribution in [2.45, 2.75) is 18.0 Å². The van der Waals surface area contributed by atoms with Crippen LogP contribution in [0.2, 0.25) is 0 Å². The number of nitrogens with one attached hydrogen (secondary N) is 1. The van der Waals surface area contributed by atoms with Crippen molar-refractivity contribution in [1.29, 1.82) is 0 Å². The first-order valence-electron chi connectivity index (χ1n) is 5.09. The van der Waals surface area contributed by atoms with Crippen molar-refractivity contribution in [3.63, 3.8) is 0 Å². The van der Waals surface area contributed by atoms with Crippen LogP contribution in [0.5, 0.6) is 0 Å². The Labute approximate surface area is 100 Å². The average Bonchev–Trinajstić information content (AvgIpc) is 2.83. The summed E-state index contributed by atoms with van der Waals surface area (Å²) in [5.41, 5.74) is 0. The van der Waals surface area contributed by atoms with Crippen molar-refractivity contribution in [2.24, 2.45) is 5.92 Å². The van der Waals surface area contributed by atoms with Gasteiger partial charge >= 0.3 is 12.1 Å². The molecule has 2 atom stereocenters. The Morgan fingerprint density at radius 2 is 2.29 bits per heavy atom. The number of hydrogen-bond acceptors (Lipinski definition) is 5. The van der Waals surface area contributed by atoms with Crippen LogP contribution in [-0.2, 0) is 9.63 Å². The highest BCUT2D eigenvalue weighted by atomic mass is 32.2. The topological polar surface area (TPSA) is 41.6 Å². The molecule has 0 aromatic rings. The molecule has 0 bridgehead atoms. The minimum atomic E-state index is -4.96. The number of halogens is 3. The standard InChI is InChI=1S/C9H11F3N2O2S/c10-9(11,12)8(15)16-14-3-4-17-7(14)6-1-2-13-5-6/h3-4,6-7,13H,1-2,5H2. The fraction of sp³-hybridized carbons (Fsp3) is 0.667. The van der Waals surface area contributed by atoms with E-state index in [1.54, 1.807) is 5.41 Å². The van der Waals surface area contributed by atoms with Crippen LogP contribution in [0.1, 0.15) is 6.42 Å². The fourth-order valence-corrected chi connectivity index (χ4v) is 2.83. The third-order valence-corrected chi connectivity index (χ3v) is 3.75. The lowest BCUT2D eigenvalue weighted by Gasteiger charge is -2.27. The van der Waals surface area contributed by atoms with Gasteiger partial charge in [0.05, 0.1) is 0 Å². The number of carbonyl (C=O) groups excluding carboxylic acids is 1. The SMILES string of the molecule is O=C(ON1C=CSC1C1CCNC1)C(F)(F)F. The molecule has 0 aliphatic carbocycles. The van der Waals surface area contributed by atoms with Gasteiger partial charge in [-0.3, -0.25) is 0 Å². The van der Waals surface area contributed by atoms with Crippen molar-refractivity contribution in [1.82, 2.24) is 10.4 Å². The monoisotopic (exact) mass is 268 g/mol. The van der Waals surface area contributed by atoms with Crippen LogP contribution in [0, 0.1) is 5.92 Å². The molecule has 2 aliphatic heterocycles. The van der Waals surface area contributed by atoms with E-state index in [4.69, 9.17) is 0 Å². The molecule has 2 rings (SSSR count). The molecule has 2 heterocycles. The Hall–Kier alpha value is -0.890. The van der Waals surface area contributed by atoms with E-state index < -0.39 is 12.1 Å². The van der Waals surface area contributed by atoms with Gasteiger partial charge < -0.3 is 10.2 Å². The van der Waals surface area contributed by atoms with Gasteiger partial charge in [-0.25, -0.2) is 4.79 Å². The Balaban J connectivity index is 1.95. The van der Waals surface area contributed by atoms with Gasteiger partial charge in [0.15, 0.2) is 0 Å². The van der Waals surface area contributed by atoms with E-state index in [1.807, 2.05) is 0 Å². The number of rotatable bonds is 2. The predicted molar refractivity (Wildman–Crippen MR) is 55.5 cm³/mol. The number of hydrogen-bond donors (Lipinski definition) is 1. The molecule has 0 spiro atoms. The number of thioether (sulfide) groups is 1. The third kappa shape index (κ3) is 2.86. The largest absolute Gasteiger partial charge is 0.493 e. The molecule has 2 aliphatic rings. The van der Waals surface area contributed by atoms with Crippen molar-refractivity contribution < 1.29 is 22.8 Å². The molecule has 4 nitrogen and oxygen atoms in total. The molecular formula is C9H11F3N2O2S. The molecule has 1 fully saturated rings. The second-order valence-electron chi connectivity index (χ2n) is 3.80. The number of alkyl halides is 3. The summed E-state index contributed by atoms with van der Waals surface area (Å²) in [5.74, 6) is -2.00.